The van der Waals surface area contributed by atoms with E-state index in [-0.39, 0.29) is 0 Å². The van der Waals surface area contributed by atoms with Gasteiger partial charge in [0.05, 0.1) is 164 Å². The Kier molecular flexibility index (Phi) is 33.2. The van der Waals surface area contributed by atoms with Crippen molar-refractivity contribution >= 4 is 173 Å². The summed E-state index contributed by atoms with van der Waals surface area (Å²) in [4.78, 5) is 90.4. The Bertz CT molecular complexity index is 5510. The number of nitro groups is 6. The summed E-state index contributed by atoms with van der Waals surface area (Å²) < 4.78 is 2.26. The second-order valence-corrected chi connectivity index (χ2v) is 40.1. The number of nitrogens with zero attached hydrogens (tertiary/aromatic N) is 18. The molecule has 6 heterocycles. The van der Waals surface area contributed by atoms with Gasteiger partial charge in [0.1, 0.15) is 12.1 Å². The molecule has 2 saturated heterocycles. The van der Waals surface area contributed by atoms with E-state index in [9.17, 15) is 70.9 Å². The van der Waals surface area contributed by atoms with Crippen LogP contribution in [0, 0.1) is 60.7 Å². The van der Waals surface area contributed by atoms with Crippen LogP contribution in [0.1, 0.15) is 12.8 Å². The molecule has 40 heteroatoms. The normalized spacial score (nSPS) is 17.6. The van der Waals surface area contributed by atoms with Gasteiger partial charge in [-0.3, -0.25) is 80.3 Å². The summed E-state index contributed by atoms with van der Waals surface area (Å²) in [6.45, 7) is 21.3. The van der Waals surface area contributed by atoms with Gasteiger partial charge in [-0.1, -0.05) is 142 Å². The topological polar surface area (TPSA) is 337 Å². The largest absolute Gasteiger partial charge is 0.863 e. The Morgan fingerprint density at radius 3 is 0.811 bits per heavy atom. The molecule has 10 aromatic carbocycles. The zero-order valence-corrected chi connectivity index (χ0v) is 80.4. The van der Waals surface area contributed by atoms with Crippen LogP contribution in [0.25, 0.3) is 0 Å². The smallest absolute Gasteiger partial charge is 0.283 e. The third-order valence-electron chi connectivity index (χ3n) is 24.9. The van der Waals surface area contributed by atoms with Crippen LogP contribution in [0.5, 0.6) is 11.5 Å². The van der Waals surface area contributed by atoms with E-state index in [1.54, 1.807) is 0 Å². The quantitative estimate of drug-likeness (QED) is 0.0229. The Balaban J connectivity index is 0.000000169. The minimum Gasteiger partial charge on any atom is -0.863 e. The zero-order valence-electron chi connectivity index (χ0n) is 74.1. The lowest BCUT2D eigenvalue weighted by Gasteiger charge is -2.48. The molecule has 0 amide bonds. The van der Waals surface area contributed by atoms with Crippen molar-refractivity contribution in [3.8, 4) is 11.5 Å². The van der Waals surface area contributed by atoms with Crippen LogP contribution >= 0.6 is 93.5 Å². The number of halogens is 4. The Hall–Kier alpha value is -10.4. The highest BCUT2D eigenvalue weighted by Crippen LogP contribution is 2.54. The van der Waals surface area contributed by atoms with Crippen molar-refractivity contribution in [1.82, 2.24) is 29.4 Å². The van der Waals surface area contributed by atoms with Crippen molar-refractivity contribution in [3.63, 3.8) is 0 Å². The lowest BCUT2D eigenvalue weighted by molar-refractivity contribution is -0.937. The number of non-ortho nitro benzene ring substituents is 2. The van der Waals surface area contributed by atoms with E-state index in [4.69, 9.17) is 46.4 Å². The van der Waals surface area contributed by atoms with Gasteiger partial charge in [0.25, 0.3) is 34.1 Å². The molecule has 696 valence electrons. The first-order valence-corrected chi connectivity index (χ1v) is 47.5. The molecule has 0 radical (unpaired) electrons. The molecule has 4 atom stereocenters. The number of fused-ring (bicyclic) bond motifs is 8. The maximum absolute atomic E-state index is 11.1. The van der Waals surface area contributed by atoms with Crippen LogP contribution < -0.4 is 29.8 Å². The Morgan fingerprint density at radius 1 is 0.333 bits per heavy atom. The summed E-state index contributed by atoms with van der Waals surface area (Å²) in [6.07, 6.45) is 2.38. The van der Waals surface area contributed by atoms with E-state index >= 15 is 0 Å². The standard InChI is InChI=1S/2C40H49Cl2N6S2.2C6H3N3O7/c2*1-43(19-21-46-33-9-5-7-11-37(33)49-39-15-13-30(41)27-35(39)46)18-17-32-29-45(3)24-26-48(32,4)25-23-44(2)20-22-47-34-10-6-8-12-38(34)50-40-16-14-31(42)28-36(40)47;2*10-6-4(8(13)14)1-3(7(11)12)2-5(6)9(15)16/h2*5-16,27-28,32H,17-26,29H2,1-4H3;2*1-2,10H/q2*+1;;/p-2. The molecule has 0 aliphatic carbocycles. The predicted molar refractivity (Wildman–Crippen MR) is 521 cm³/mol. The van der Waals surface area contributed by atoms with Crippen molar-refractivity contribution in [2.24, 2.45) is 0 Å². The van der Waals surface area contributed by atoms with Gasteiger partial charge in [-0.05, 0) is 164 Å². The lowest BCUT2D eigenvalue weighted by Crippen LogP contribution is -2.64. The minimum absolute atomic E-state index is 0.384. The molecular weight excluding hydrogens is 1850 g/mol. The highest BCUT2D eigenvalue weighted by molar-refractivity contribution is 8.00. The second-order valence-electron chi connectivity index (χ2n) is 34.0. The molecule has 2 fully saturated rings. The van der Waals surface area contributed by atoms with Crippen molar-refractivity contribution in [2.45, 2.75) is 64.1 Å². The molecule has 4 unspecified atom stereocenters. The van der Waals surface area contributed by atoms with Crippen LogP contribution in [0.3, 0.4) is 0 Å². The van der Waals surface area contributed by atoms with Crippen molar-refractivity contribution in [3.05, 3.63) is 275 Å². The third-order valence-corrected chi connectivity index (χ3v) is 30.4. The van der Waals surface area contributed by atoms with E-state index in [1.807, 2.05) is 71.3 Å². The lowest BCUT2D eigenvalue weighted by atomic mass is 10.0. The molecule has 0 aromatic heterocycles. The third kappa shape index (κ3) is 24.2. The van der Waals surface area contributed by atoms with E-state index in [2.05, 4.69) is 251 Å². The number of benzene rings is 10. The number of hydrogen-bond donors (Lipinski definition) is 0. The average molecular weight is 1950 g/mol. The minimum atomic E-state index is -1.46. The maximum Gasteiger partial charge on any atom is 0.283 e. The number of likely N-dealkylation sites (N-methyl/N-ethyl adjacent to an activating group) is 8. The molecule has 0 bridgehead atoms. The number of hydrogen-bond acceptors (Lipinski definition) is 28. The molecular formula is C92H102Cl4N18O14S4. The van der Waals surface area contributed by atoms with Gasteiger partial charge in [-0.2, -0.15) is 0 Å². The summed E-state index contributed by atoms with van der Waals surface area (Å²) in [5, 5.41) is 87.4. The van der Waals surface area contributed by atoms with Gasteiger partial charge in [0.2, 0.25) is 0 Å². The van der Waals surface area contributed by atoms with Crippen molar-refractivity contribution < 1.29 is 48.7 Å². The summed E-state index contributed by atoms with van der Waals surface area (Å²) in [7, 11) is 18.7. The highest BCUT2D eigenvalue weighted by atomic mass is 35.5. The number of anilines is 8. The van der Waals surface area contributed by atoms with Crippen molar-refractivity contribution in [2.75, 3.05) is 207 Å². The van der Waals surface area contributed by atoms with Crippen LogP contribution in [-0.4, -0.2) is 267 Å². The van der Waals surface area contributed by atoms with Crippen LogP contribution in [-0.2, 0) is 0 Å². The number of rotatable bonds is 30. The van der Waals surface area contributed by atoms with Gasteiger partial charge in [-0.25, -0.2) is 0 Å². The van der Waals surface area contributed by atoms with Gasteiger partial charge in [-0.15, -0.1) is 0 Å². The zero-order chi connectivity index (χ0) is 94.6. The second kappa shape index (κ2) is 44.2. The summed E-state index contributed by atoms with van der Waals surface area (Å²) in [5.41, 5.74) is 3.44. The first-order valence-electron chi connectivity index (χ1n) is 42.7. The Morgan fingerprint density at radius 2 is 0.568 bits per heavy atom. The fourth-order valence-electron chi connectivity index (χ4n) is 17.0. The molecule has 16 rings (SSSR count). The predicted octanol–water partition coefficient (Wildman–Crippen LogP) is 18.8. The van der Waals surface area contributed by atoms with Gasteiger partial charge in [0.15, 0.2) is 0 Å². The maximum atomic E-state index is 11.1. The van der Waals surface area contributed by atoms with E-state index in [0.717, 1.165) is 147 Å². The number of piperazine rings is 2. The average Bonchev–Trinajstić information content (AvgIpc) is 0.774. The van der Waals surface area contributed by atoms with Crippen LogP contribution in [0.15, 0.2) is 233 Å². The summed E-state index contributed by atoms with van der Waals surface area (Å²) in [6, 6.07) is 62.8. The fraction of sp³-hybridized carbons (Fsp3) is 0.348. The van der Waals surface area contributed by atoms with Crippen molar-refractivity contribution in [1.29, 1.82) is 0 Å². The number of nitro benzene ring substituents is 6. The molecule has 132 heavy (non-hydrogen) atoms. The molecule has 0 saturated carbocycles. The highest BCUT2D eigenvalue weighted by Gasteiger charge is 2.41. The van der Waals surface area contributed by atoms with Crippen LogP contribution in [0.4, 0.5) is 79.6 Å². The monoisotopic (exact) mass is 1950 g/mol. The first-order chi connectivity index (χ1) is 63.0. The van der Waals surface area contributed by atoms with Gasteiger partial charge < -0.3 is 48.6 Å². The number of quaternary nitrogens is 2. The SMILES string of the molecule is CN(CCC1CN(C)CC[N+]1(C)CCN(C)CCN1c2ccccc2Sc2ccc(Cl)cc21)CCN1c2ccccc2Sc2ccc(Cl)cc21.CN(CCC1CN(C)CC[N+]1(C)CCN(C)CCN1c2ccccc2Sc2ccc(Cl)cc21)CCN1c2ccccc2Sc2ccc(Cl)cc21.O=[N+]([O-])c1cc([N+](=O)[O-])c([O-])c([N+](=O)[O-])c1.O=[N+]([O-])c1cc([N+](=O)[O-])c([O-])c([N+](=O)[O-])c1. The summed E-state index contributed by atoms with van der Waals surface area (Å²) in [5.74, 6) is -2.92. The molecule has 6 aliphatic rings. The fourth-order valence-corrected chi connectivity index (χ4v) is 22.0. The number of para-hydroxylation sites is 4. The molecule has 0 N–H and O–H groups in total. The van der Waals surface area contributed by atoms with E-state index < -0.39 is 75.2 Å². The molecule has 32 nitrogen and oxygen atoms in total. The molecule has 10 aromatic rings. The van der Waals surface area contributed by atoms with Gasteiger partial charge >= 0.3 is 0 Å². The van der Waals surface area contributed by atoms with E-state index in [1.165, 1.54) is 111 Å². The van der Waals surface area contributed by atoms with Gasteiger partial charge in [0, 0.05) is 164 Å². The molecule has 6 aliphatic heterocycles. The summed E-state index contributed by atoms with van der Waals surface area (Å²) >= 11 is 33.3. The van der Waals surface area contributed by atoms with E-state index in [0.29, 0.717) is 36.3 Å². The first kappa shape index (κ1) is 99.1. The Labute approximate surface area is 802 Å². The van der Waals surface area contributed by atoms with Crippen LogP contribution in [0.2, 0.25) is 20.1 Å². The molecule has 0 spiro atoms.